The molecule has 0 saturated carbocycles. The molecule has 0 aliphatic heterocycles. The molecule has 0 atom stereocenters. The first-order valence-electron chi connectivity index (χ1n) is 5.08. The van der Waals surface area contributed by atoms with Gasteiger partial charge in [0.15, 0.2) is 5.13 Å². The zero-order valence-corrected chi connectivity index (χ0v) is 9.88. The van der Waals surface area contributed by atoms with Crippen molar-refractivity contribution in [3.05, 3.63) is 11.1 Å². The SMILES string of the molecule is CCN(CC)c1nc(CCC(=O)O)cs1. The molecule has 15 heavy (non-hydrogen) atoms. The van der Waals surface area contributed by atoms with Crippen LogP contribution in [0.3, 0.4) is 0 Å². The van der Waals surface area contributed by atoms with E-state index in [-0.39, 0.29) is 6.42 Å². The largest absolute Gasteiger partial charge is 0.481 e. The fourth-order valence-electron chi connectivity index (χ4n) is 1.29. The zero-order valence-electron chi connectivity index (χ0n) is 9.06. The number of aliphatic carboxylic acids is 1. The topological polar surface area (TPSA) is 53.4 Å². The van der Waals surface area contributed by atoms with Crippen molar-refractivity contribution in [2.24, 2.45) is 0 Å². The highest BCUT2D eigenvalue weighted by molar-refractivity contribution is 7.13. The molecule has 1 aromatic rings. The van der Waals surface area contributed by atoms with Gasteiger partial charge < -0.3 is 10.0 Å². The lowest BCUT2D eigenvalue weighted by molar-refractivity contribution is -0.136. The van der Waals surface area contributed by atoms with Gasteiger partial charge in [-0.3, -0.25) is 4.79 Å². The molecular formula is C10H16N2O2S. The second-order valence-corrected chi connectivity index (χ2v) is 4.02. The fourth-order valence-corrected chi connectivity index (χ4v) is 2.27. The van der Waals surface area contributed by atoms with Crippen molar-refractivity contribution in [3.63, 3.8) is 0 Å². The molecule has 0 aromatic carbocycles. The third-order valence-electron chi connectivity index (χ3n) is 2.17. The van der Waals surface area contributed by atoms with Crippen LogP contribution in [0.4, 0.5) is 5.13 Å². The minimum atomic E-state index is -0.771. The average molecular weight is 228 g/mol. The third kappa shape index (κ3) is 3.51. The number of rotatable bonds is 6. The summed E-state index contributed by atoms with van der Waals surface area (Å²) in [5.74, 6) is -0.771. The van der Waals surface area contributed by atoms with E-state index in [1.54, 1.807) is 11.3 Å². The number of carbonyl (C=O) groups is 1. The van der Waals surface area contributed by atoms with Gasteiger partial charge in [0.25, 0.3) is 0 Å². The number of carboxylic acids is 1. The number of aryl methyl sites for hydroxylation is 1. The quantitative estimate of drug-likeness (QED) is 0.809. The maximum absolute atomic E-state index is 10.4. The number of nitrogens with zero attached hydrogens (tertiary/aromatic N) is 2. The molecule has 0 aliphatic rings. The summed E-state index contributed by atoms with van der Waals surface area (Å²) in [5.41, 5.74) is 0.879. The zero-order chi connectivity index (χ0) is 11.3. The lowest BCUT2D eigenvalue weighted by atomic mass is 10.2. The van der Waals surface area contributed by atoms with Crippen LogP contribution in [0, 0.1) is 0 Å². The minimum absolute atomic E-state index is 0.154. The Kier molecular flexibility index (Phi) is 4.55. The Morgan fingerprint density at radius 3 is 2.73 bits per heavy atom. The Morgan fingerprint density at radius 2 is 2.20 bits per heavy atom. The molecule has 0 radical (unpaired) electrons. The van der Waals surface area contributed by atoms with Crippen molar-refractivity contribution in [1.82, 2.24) is 4.98 Å². The Labute approximate surface area is 93.6 Å². The van der Waals surface area contributed by atoms with Crippen LogP contribution in [0.2, 0.25) is 0 Å². The summed E-state index contributed by atoms with van der Waals surface area (Å²) >= 11 is 1.58. The normalized spacial score (nSPS) is 10.3. The predicted octanol–water partition coefficient (Wildman–Crippen LogP) is 2.01. The Morgan fingerprint density at radius 1 is 1.53 bits per heavy atom. The summed E-state index contributed by atoms with van der Waals surface area (Å²) in [5, 5.41) is 11.5. The molecule has 1 N–H and O–H groups in total. The molecule has 0 bridgehead atoms. The van der Waals surface area contributed by atoms with Crippen LogP contribution < -0.4 is 4.90 Å². The summed E-state index contributed by atoms with van der Waals surface area (Å²) in [4.78, 5) is 17.0. The van der Waals surface area contributed by atoms with Crippen molar-refractivity contribution in [2.45, 2.75) is 26.7 Å². The highest BCUT2D eigenvalue weighted by Crippen LogP contribution is 2.20. The lowest BCUT2D eigenvalue weighted by Crippen LogP contribution is -2.21. The first-order valence-corrected chi connectivity index (χ1v) is 5.96. The molecule has 1 rings (SSSR count). The van der Waals surface area contributed by atoms with E-state index in [9.17, 15) is 4.79 Å². The van der Waals surface area contributed by atoms with Crippen LogP contribution in [0.25, 0.3) is 0 Å². The van der Waals surface area contributed by atoms with Crippen LogP contribution in [0.5, 0.6) is 0 Å². The van der Waals surface area contributed by atoms with Gasteiger partial charge in [0.05, 0.1) is 12.1 Å². The molecule has 0 amide bonds. The minimum Gasteiger partial charge on any atom is -0.481 e. The first kappa shape index (κ1) is 12.0. The number of anilines is 1. The Hall–Kier alpha value is -1.10. The van der Waals surface area contributed by atoms with Crippen molar-refractivity contribution in [2.75, 3.05) is 18.0 Å². The second-order valence-electron chi connectivity index (χ2n) is 3.19. The summed E-state index contributed by atoms with van der Waals surface area (Å²) in [7, 11) is 0. The van der Waals surface area contributed by atoms with Crippen molar-refractivity contribution < 1.29 is 9.90 Å². The molecule has 0 aliphatic carbocycles. The van der Waals surface area contributed by atoms with Gasteiger partial charge in [-0.2, -0.15) is 0 Å². The van der Waals surface area contributed by atoms with Crippen LogP contribution in [0.1, 0.15) is 26.0 Å². The van der Waals surface area contributed by atoms with Crippen LogP contribution in [-0.2, 0) is 11.2 Å². The molecule has 0 saturated heterocycles. The van der Waals surface area contributed by atoms with Crippen LogP contribution in [-0.4, -0.2) is 29.1 Å². The van der Waals surface area contributed by atoms with E-state index >= 15 is 0 Å². The number of hydrogen-bond acceptors (Lipinski definition) is 4. The maximum Gasteiger partial charge on any atom is 0.303 e. The smallest absolute Gasteiger partial charge is 0.303 e. The Bertz CT molecular complexity index is 321. The maximum atomic E-state index is 10.4. The predicted molar refractivity (Wildman–Crippen MR) is 61.6 cm³/mol. The van der Waals surface area contributed by atoms with Gasteiger partial charge in [-0.1, -0.05) is 0 Å². The van der Waals surface area contributed by atoms with Gasteiger partial charge in [-0.05, 0) is 13.8 Å². The standard InChI is InChI=1S/C10H16N2O2S/c1-3-12(4-2)10-11-8(7-15-10)5-6-9(13)14/h7H,3-6H2,1-2H3,(H,13,14). The van der Waals surface area contributed by atoms with E-state index in [1.165, 1.54) is 0 Å². The highest BCUT2D eigenvalue weighted by atomic mass is 32.1. The third-order valence-corrected chi connectivity index (χ3v) is 3.12. The number of aromatic nitrogens is 1. The highest BCUT2D eigenvalue weighted by Gasteiger charge is 2.08. The van der Waals surface area contributed by atoms with Crippen molar-refractivity contribution in [1.29, 1.82) is 0 Å². The molecular weight excluding hydrogens is 212 g/mol. The van der Waals surface area contributed by atoms with Crippen LogP contribution in [0.15, 0.2) is 5.38 Å². The van der Waals surface area contributed by atoms with Crippen molar-refractivity contribution >= 4 is 22.4 Å². The summed E-state index contributed by atoms with van der Waals surface area (Å²) in [6.45, 7) is 6.04. The van der Waals surface area contributed by atoms with E-state index < -0.39 is 5.97 Å². The molecule has 4 nitrogen and oxygen atoms in total. The number of hydrogen-bond donors (Lipinski definition) is 1. The van der Waals surface area contributed by atoms with E-state index in [0.717, 1.165) is 23.9 Å². The van der Waals surface area contributed by atoms with E-state index in [1.807, 2.05) is 5.38 Å². The first-order chi connectivity index (χ1) is 7.17. The molecule has 84 valence electrons. The monoisotopic (exact) mass is 228 g/mol. The van der Waals surface area contributed by atoms with Gasteiger partial charge in [0.1, 0.15) is 0 Å². The van der Waals surface area contributed by atoms with Gasteiger partial charge in [0.2, 0.25) is 0 Å². The van der Waals surface area contributed by atoms with E-state index in [4.69, 9.17) is 5.11 Å². The van der Waals surface area contributed by atoms with E-state index in [2.05, 4.69) is 23.7 Å². The molecule has 1 heterocycles. The fraction of sp³-hybridized carbons (Fsp3) is 0.600. The summed E-state index contributed by atoms with van der Waals surface area (Å²) < 4.78 is 0. The molecule has 0 fully saturated rings. The summed E-state index contributed by atoms with van der Waals surface area (Å²) in [6.07, 6.45) is 0.675. The van der Waals surface area contributed by atoms with Gasteiger partial charge in [0, 0.05) is 24.9 Å². The Balaban J connectivity index is 2.59. The van der Waals surface area contributed by atoms with Crippen molar-refractivity contribution in [3.8, 4) is 0 Å². The van der Waals surface area contributed by atoms with Gasteiger partial charge in [-0.25, -0.2) is 4.98 Å². The molecule has 0 spiro atoms. The molecule has 0 unspecified atom stereocenters. The molecule has 1 aromatic heterocycles. The van der Waals surface area contributed by atoms with Gasteiger partial charge >= 0.3 is 5.97 Å². The van der Waals surface area contributed by atoms with Crippen LogP contribution >= 0.6 is 11.3 Å². The number of carboxylic acid groups (broad SMARTS) is 1. The molecule has 5 heteroatoms. The van der Waals surface area contributed by atoms with Gasteiger partial charge in [-0.15, -0.1) is 11.3 Å². The number of thiazole rings is 1. The second kappa shape index (κ2) is 5.70. The lowest BCUT2D eigenvalue weighted by Gasteiger charge is -2.16. The summed E-state index contributed by atoms with van der Waals surface area (Å²) in [6, 6.07) is 0. The van der Waals surface area contributed by atoms with E-state index in [0.29, 0.717) is 6.42 Å². The average Bonchev–Trinajstić information content (AvgIpc) is 2.65.